The number of amidine groups is 2. The molecule has 12 heteroatoms. The van der Waals surface area contributed by atoms with Gasteiger partial charge in [0.15, 0.2) is 17.2 Å². The van der Waals surface area contributed by atoms with Gasteiger partial charge in [-0.15, -0.1) is 20.4 Å². The Hall–Kier alpha value is -3.86. The number of carbonyl (C=O) groups excluding carboxylic acids is 1. The second kappa shape index (κ2) is 8.11. The Labute approximate surface area is 179 Å². The van der Waals surface area contributed by atoms with E-state index in [1.54, 1.807) is 31.2 Å². The molecule has 0 saturated heterocycles. The number of rotatable bonds is 4. The van der Waals surface area contributed by atoms with Crippen LogP contribution in [0, 0.1) is 5.92 Å². The van der Waals surface area contributed by atoms with Gasteiger partial charge in [0, 0.05) is 5.02 Å². The quantitative estimate of drug-likeness (QED) is 0.283. The number of aromatic nitrogens is 2. The number of carbonyl (C=O) groups is 1. The zero-order valence-electron chi connectivity index (χ0n) is 16.4. The second-order valence-corrected chi connectivity index (χ2v) is 6.98. The Balaban J connectivity index is 1.83. The maximum Gasteiger partial charge on any atom is 0.362 e. The summed E-state index contributed by atoms with van der Waals surface area (Å²) in [7, 11) is 0. The highest BCUT2D eigenvalue weighted by Gasteiger charge is 2.36. The lowest BCUT2D eigenvalue weighted by Gasteiger charge is -2.17. The molecule has 1 unspecified atom stereocenters. The molecule has 0 bridgehead atoms. The lowest BCUT2D eigenvalue weighted by Crippen LogP contribution is -2.44. The fourth-order valence-corrected chi connectivity index (χ4v) is 3.33. The molecule has 4 rings (SSSR count). The molecule has 1 aromatic heterocycles. The van der Waals surface area contributed by atoms with Crippen molar-refractivity contribution in [3.05, 3.63) is 67.4 Å². The number of allylic oxidation sites excluding steroid dienone is 1. The first-order valence-electron chi connectivity index (χ1n) is 9.20. The van der Waals surface area contributed by atoms with Crippen LogP contribution in [0.1, 0.15) is 19.4 Å². The average molecular weight is 442 g/mol. The largest absolute Gasteiger partial charge is 0.510 e. The highest BCUT2D eigenvalue weighted by Crippen LogP contribution is 2.30. The summed E-state index contributed by atoms with van der Waals surface area (Å²) in [5, 5.41) is 31.8. The molecular weight excluding hydrogens is 426 g/mol. The number of azo groups is 1. The minimum absolute atomic E-state index is 0.0954. The van der Waals surface area contributed by atoms with Crippen LogP contribution in [0.5, 0.6) is 0 Å². The number of halogens is 1. The lowest BCUT2D eigenvalue weighted by molar-refractivity contribution is -0.138. The van der Waals surface area contributed by atoms with Crippen molar-refractivity contribution < 1.29 is 14.6 Å². The molecule has 2 aliphatic rings. The van der Waals surface area contributed by atoms with Crippen molar-refractivity contribution in [2.75, 3.05) is 6.61 Å². The molecule has 0 fully saturated rings. The fourth-order valence-electron chi connectivity index (χ4n) is 3.20. The van der Waals surface area contributed by atoms with Crippen LogP contribution in [0.2, 0.25) is 5.02 Å². The van der Waals surface area contributed by atoms with Crippen LogP contribution in [0.15, 0.2) is 65.9 Å². The van der Waals surface area contributed by atoms with E-state index in [9.17, 15) is 14.7 Å². The van der Waals surface area contributed by atoms with Crippen molar-refractivity contribution in [2.24, 2.45) is 31.3 Å². The van der Waals surface area contributed by atoms with Crippen molar-refractivity contribution in [1.29, 1.82) is 0 Å². The summed E-state index contributed by atoms with van der Waals surface area (Å²) >= 11 is 6.02. The Bertz CT molecular complexity index is 1360. The minimum atomic E-state index is -0.828. The van der Waals surface area contributed by atoms with Crippen molar-refractivity contribution in [3.8, 4) is 0 Å². The number of hydrogen-bond acceptors (Lipinski definition) is 9. The van der Waals surface area contributed by atoms with E-state index in [2.05, 4.69) is 35.6 Å². The zero-order valence-corrected chi connectivity index (χ0v) is 17.1. The molecule has 3 heterocycles. The summed E-state index contributed by atoms with van der Waals surface area (Å²) in [5.74, 6) is -1.51. The molecule has 0 aliphatic carbocycles. The van der Waals surface area contributed by atoms with Crippen LogP contribution in [0.3, 0.4) is 0 Å². The van der Waals surface area contributed by atoms with Crippen LogP contribution in [0.25, 0.3) is 5.57 Å². The van der Waals surface area contributed by atoms with Gasteiger partial charge in [0.25, 0.3) is 5.56 Å². The fraction of sp³-hybridized carbons (Fsp3) is 0.211. The van der Waals surface area contributed by atoms with Gasteiger partial charge in [0.05, 0.1) is 11.8 Å². The molecule has 2 aromatic rings. The Kier molecular flexibility index (Phi) is 5.34. The third-order valence-corrected chi connectivity index (χ3v) is 4.79. The van der Waals surface area contributed by atoms with Crippen LogP contribution in [-0.4, -0.2) is 39.6 Å². The van der Waals surface area contributed by atoms with Gasteiger partial charge in [-0.1, -0.05) is 23.7 Å². The summed E-state index contributed by atoms with van der Waals surface area (Å²) in [6.07, 6.45) is 0. The highest BCUT2D eigenvalue weighted by molar-refractivity contribution is 6.30. The number of H-pyrrole nitrogens is 2. The molecule has 11 nitrogen and oxygen atoms in total. The molecule has 1 aromatic carbocycles. The Morgan fingerprint density at radius 1 is 1.26 bits per heavy atom. The summed E-state index contributed by atoms with van der Waals surface area (Å²) in [6, 6.07) is 6.89. The maximum atomic E-state index is 12.5. The number of fused-ring (bicyclic) bond motifs is 2. The van der Waals surface area contributed by atoms with E-state index in [-0.39, 0.29) is 29.5 Å². The molecule has 0 saturated carbocycles. The number of benzene rings is 1. The first-order valence-corrected chi connectivity index (χ1v) is 9.58. The molecular formula is C19H16ClN7O4. The van der Waals surface area contributed by atoms with E-state index in [0.29, 0.717) is 32.7 Å². The molecule has 0 radical (unpaired) electrons. The average Bonchev–Trinajstić information content (AvgIpc) is 3.31. The predicted octanol–water partition coefficient (Wildman–Crippen LogP) is 1.34. The van der Waals surface area contributed by atoms with E-state index in [4.69, 9.17) is 16.3 Å². The van der Waals surface area contributed by atoms with Gasteiger partial charge in [0.2, 0.25) is 5.70 Å². The molecule has 158 valence electrons. The monoisotopic (exact) mass is 441 g/mol. The number of aromatic amines is 2. The van der Waals surface area contributed by atoms with Crippen LogP contribution >= 0.6 is 11.6 Å². The standard InChI is InChI=1S/C19H16ClN7O4/c1-3-31-19(30)14(8(2)28)22-25-17-12-11(9-4-6-10(20)7-5-9)13-16(24-27-18(13)29)21-15(12)23-26-17/h4-7,12,28H,3H2,1-2H3,(H,27,29)(H,21,23,24)/b14-8-,25-22?. The number of nitrogens with zero attached hydrogens (tertiary/aromatic N) is 5. The van der Waals surface area contributed by atoms with Crippen LogP contribution in [0.4, 0.5) is 0 Å². The predicted molar refractivity (Wildman–Crippen MR) is 111 cm³/mol. The Morgan fingerprint density at radius 3 is 2.68 bits per heavy atom. The number of aliphatic hydroxyl groups is 1. The number of esters is 1. The van der Waals surface area contributed by atoms with E-state index in [1.165, 1.54) is 6.92 Å². The van der Waals surface area contributed by atoms with Crippen molar-refractivity contribution >= 4 is 34.8 Å². The Morgan fingerprint density at radius 2 is 2.00 bits per heavy atom. The third kappa shape index (κ3) is 3.70. The maximum absolute atomic E-state index is 12.5. The number of ether oxygens (including phenoxy) is 1. The topological polar surface area (TPSA) is 157 Å². The molecule has 0 spiro atoms. The van der Waals surface area contributed by atoms with Gasteiger partial charge in [-0.3, -0.25) is 15.0 Å². The number of hydrogen-bond donors (Lipinski definition) is 3. The molecule has 0 amide bonds. The molecule has 3 N–H and O–H groups in total. The molecule has 31 heavy (non-hydrogen) atoms. The van der Waals surface area contributed by atoms with Gasteiger partial charge in [-0.2, -0.15) is 0 Å². The first-order chi connectivity index (χ1) is 14.9. The van der Waals surface area contributed by atoms with Gasteiger partial charge < -0.3 is 9.84 Å². The third-order valence-electron chi connectivity index (χ3n) is 4.53. The van der Waals surface area contributed by atoms with Crippen LogP contribution < -0.4 is 16.3 Å². The van der Waals surface area contributed by atoms with E-state index < -0.39 is 11.9 Å². The van der Waals surface area contributed by atoms with Crippen molar-refractivity contribution in [1.82, 2.24) is 10.2 Å². The summed E-state index contributed by atoms with van der Waals surface area (Å²) in [4.78, 5) is 28.9. The van der Waals surface area contributed by atoms with Crippen molar-refractivity contribution in [3.63, 3.8) is 0 Å². The normalized spacial score (nSPS) is 18.0. The number of aliphatic hydroxyl groups excluding tert-OH is 1. The number of nitrogens with one attached hydrogen (secondary N) is 2. The molecule has 1 atom stereocenters. The highest BCUT2D eigenvalue weighted by atomic mass is 35.5. The van der Waals surface area contributed by atoms with Gasteiger partial charge >= 0.3 is 5.97 Å². The zero-order chi connectivity index (χ0) is 22.1. The summed E-state index contributed by atoms with van der Waals surface area (Å²) in [5.41, 5.74) is 0.827. The SMILES string of the molecule is CCOC(=O)/C(N=NC1=NN=C2N=c3[nH][nH]c(=O)c3=C(c3ccc(Cl)cc3)C12)=C(\C)O. The summed E-state index contributed by atoms with van der Waals surface area (Å²) in [6.45, 7) is 3.02. The van der Waals surface area contributed by atoms with E-state index in [0.717, 1.165) is 0 Å². The summed E-state index contributed by atoms with van der Waals surface area (Å²) < 4.78 is 4.88. The first kappa shape index (κ1) is 20.4. The second-order valence-electron chi connectivity index (χ2n) is 6.54. The van der Waals surface area contributed by atoms with E-state index >= 15 is 0 Å². The smallest absolute Gasteiger partial charge is 0.362 e. The van der Waals surface area contributed by atoms with E-state index in [1.807, 2.05) is 0 Å². The van der Waals surface area contributed by atoms with Crippen molar-refractivity contribution in [2.45, 2.75) is 13.8 Å². The molecule has 2 aliphatic heterocycles. The van der Waals surface area contributed by atoms with Gasteiger partial charge in [-0.25, -0.2) is 9.79 Å². The van der Waals surface area contributed by atoms with Gasteiger partial charge in [-0.05, 0) is 37.1 Å². The van der Waals surface area contributed by atoms with Crippen LogP contribution in [-0.2, 0) is 9.53 Å². The minimum Gasteiger partial charge on any atom is -0.510 e. The van der Waals surface area contributed by atoms with Gasteiger partial charge in [0.1, 0.15) is 11.7 Å². The lowest BCUT2D eigenvalue weighted by atomic mass is 9.88.